The zero-order valence-corrected chi connectivity index (χ0v) is 13.3. The second-order valence-electron chi connectivity index (χ2n) is 7.27. The van der Waals surface area contributed by atoms with E-state index >= 15 is 0 Å². The molecule has 0 amide bonds. The fourth-order valence-electron chi connectivity index (χ4n) is 2.91. The fraction of sp³-hybridized carbons (Fsp3) is 0.647. The molecule has 0 bridgehead atoms. The molecule has 0 fully saturated rings. The van der Waals surface area contributed by atoms with Gasteiger partial charge in [0.2, 0.25) is 0 Å². The highest BCUT2D eigenvalue weighted by atomic mass is 19.4. The first kappa shape index (κ1) is 18.0. The van der Waals surface area contributed by atoms with E-state index in [4.69, 9.17) is 5.73 Å². The van der Waals surface area contributed by atoms with E-state index in [9.17, 15) is 13.2 Å². The molecule has 0 aliphatic rings. The second-order valence-corrected chi connectivity index (χ2v) is 7.27. The van der Waals surface area contributed by atoms with Crippen LogP contribution in [0, 0.1) is 11.3 Å². The van der Waals surface area contributed by atoms with Gasteiger partial charge in [0.05, 0.1) is 5.56 Å². The van der Waals surface area contributed by atoms with E-state index in [0.29, 0.717) is 17.9 Å². The molecule has 1 rings (SSSR count). The van der Waals surface area contributed by atoms with Gasteiger partial charge < -0.3 is 5.73 Å². The van der Waals surface area contributed by atoms with Gasteiger partial charge in [-0.05, 0) is 42.2 Å². The van der Waals surface area contributed by atoms with Gasteiger partial charge in [-0.25, -0.2) is 0 Å². The molecule has 120 valence electrons. The Morgan fingerprint density at radius 2 is 1.76 bits per heavy atom. The summed E-state index contributed by atoms with van der Waals surface area (Å²) in [5.41, 5.74) is 6.40. The van der Waals surface area contributed by atoms with Gasteiger partial charge in [-0.1, -0.05) is 45.9 Å². The third kappa shape index (κ3) is 6.98. The molecule has 0 saturated carbocycles. The first-order chi connectivity index (χ1) is 9.47. The van der Waals surface area contributed by atoms with E-state index in [1.54, 1.807) is 6.07 Å². The molecule has 0 saturated heterocycles. The van der Waals surface area contributed by atoms with Gasteiger partial charge in [0.15, 0.2) is 0 Å². The van der Waals surface area contributed by atoms with Crippen LogP contribution in [0.1, 0.15) is 51.7 Å². The van der Waals surface area contributed by atoms with Crippen molar-refractivity contribution in [1.82, 2.24) is 0 Å². The molecule has 0 aromatic heterocycles. The van der Waals surface area contributed by atoms with E-state index in [1.165, 1.54) is 12.1 Å². The van der Waals surface area contributed by atoms with E-state index in [2.05, 4.69) is 27.7 Å². The van der Waals surface area contributed by atoms with Gasteiger partial charge in [-0.3, -0.25) is 0 Å². The topological polar surface area (TPSA) is 26.0 Å². The lowest BCUT2D eigenvalue weighted by Gasteiger charge is -2.25. The number of alkyl halides is 3. The number of halogens is 3. The lowest BCUT2D eigenvalue weighted by molar-refractivity contribution is -0.137. The van der Waals surface area contributed by atoms with Crippen LogP contribution < -0.4 is 5.73 Å². The van der Waals surface area contributed by atoms with Crippen molar-refractivity contribution in [2.75, 3.05) is 0 Å². The first-order valence-electron chi connectivity index (χ1n) is 7.39. The molecule has 1 aromatic carbocycles. The number of hydrogen-bond donors (Lipinski definition) is 1. The summed E-state index contributed by atoms with van der Waals surface area (Å²) < 4.78 is 38.0. The monoisotopic (exact) mass is 301 g/mol. The van der Waals surface area contributed by atoms with Crippen molar-refractivity contribution >= 4 is 0 Å². The summed E-state index contributed by atoms with van der Waals surface area (Å²) in [7, 11) is 0. The lowest BCUT2D eigenvalue weighted by atomic mass is 9.82. The smallest absolute Gasteiger partial charge is 0.327 e. The Labute approximate surface area is 125 Å². The van der Waals surface area contributed by atoms with Crippen molar-refractivity contribution in [3.8, 4) is 0 Å². The first-order valence-corrected chi connectivity index (χ1v) is 7.39. The van der Waals surface area contributed by atoms with Gasteiger partial charge in [0.1, 0.15) is 0 Å². The van der Waals surface area contributed by atoms with Crippen LogP contribution in [0.3, 0.4) is 0 Å². The normalized spacial score (nSPS) is 15.8. The van der Waals surface area contributed by atoms with E-state index < -0.39 is 11.7 Å². The third-order valence-electron chi connectivity index (χ3n) is 3.42. The van der Waals surface area contributed by atoms with Crippen LogP contribution >= 0.6 is 0 Å². The van der Waals surface area contributed by atoms with Crippen molar-refractivity contribution in [3.05, 3.63) is 35.4 Å². The molecule has 21 heavy (non-hydrogen) atoms. The highest BCUT2D eigenvalue weighted by Crippen LogP contribution is 2.30. The van der Waals surface area contributed by atoms with Crippen molar-refractivity contribution < 1.29 is 13.2 Å². The molecule has 1 aromatic rings. The second kappa shape index (κ2) is 6.82. The standard InChI is InChI=1S/C17H26F3N/c1-12(11-16(2,3)4)8-15(21)10-13-6-5-7-14(9-13)17(18,19)20/h5-7,9,12,15H,8,10-11,21H2,1-4H3. The predicted molar refractivity (Wildman–Crippen MR) is 81.0 cm³/mol. The Bertz CT molecular complexity index is 446. The Morgan fingerprint density at radius 1 is 1.14 bits per heavy atom. The highest BCUT2D eigenvalue weighted by Gasteiger charge is 2.30. The van der Waals surface area contributed by atoms with Gasteiger partial charge in [0, 0.05) is 6.04 Å². The molecule has 0 radical (unpaired) electrons. The Balaban J connectivity index is 2.61. The number of hydrogen-bond acceptors (Lipinski definition) is 1. The van der Waals surface area contributed by atoms with E-state index in [0.717, 1.165) is 18.9 Å². The third-order valence-corrected chi connectivity index (χ3v) is 3.42. The molecule has 2 unspecified atom stereocenters. The van der Waals surface area contributed by atoms with Crippen molar-refractivity contribution in [2.24, 2.45) is 17.1 Å². The van der Waals surface area contributed by atoms with Crippen LogP contribution in [0.5, 0.6) is 0 Å². The molecule has 0 heterocycles. The summed E-state index contributed by atoms with van der Waals surface area (Å²) in [6, 6.07) is 5.35. The van der Waals surface area contributed by atoms with Gasteiger partial charge in [-0.15, -0.1) is 0 Å². The summed E-state index contributed by atoms with van der Waals surface area (Å²) in [5.74, 6) is 0.464. The van der Waals surface area contributed by atoms with Crippen LogP contribution in [-0.2, 0) is 12.6 Å². The van der Waals surface area contributed by atoms with Crippen molar-refractivity contribution in [1.29, 1.82) is 0 Å². The number of nitrogens with two attached hydrogens (primary N) is 1. The average molecular weight is 301 g/mol. The Kier molecular flexibility index (Phi) is 5.85. The number of benzene rings is 1. The SMILES string of the molecule is CC(CC(N)Cc1cccc(C(F)(F)F)c1)CC(C)(C)C. The summed E-state index contributed by atoms with van der Waals surface area (Å²) in [6.45, 7) is 8.70. The Morgan fingerprint density at radius 3 is 2.29 bits per heavy atom. The molecule has 2 N–H and O–H groups in total. The van der Waals surface area contributed by atoms with Crippen LogP contribution in [-0.4, -0.2) is 6.04 Å². The minimum Gasteiger partial charge on any atom is -0.327 e. The zero-order chi connectivity index (χ0) is 16.3. The fourth-order valence-corrected chi connectivity index (χ4v) is 2.91. The van der Waals surface area contributed by atoms with Crippen LogP contribution in [0.2, 0.25) is 0 Å². The summed E-state index contributed by atoms with van der Waals surface area (Å²) in [5, 5.41) is 0. The van der Waals surface area contributed by atoms with Gasteiger partial charge >= 0.3 is 6.18 Å². The minimum atomic E-state index is -4.29. The summed E-state index contributed by atoms with van der Waals surface area (Å²) in [6.07, 6.45) is -1.92. The molecule has 2 atom stereocenters. The molecule has 0 aliphatic heterocycles. The van der Waals surface area contributed by atoms with Crippen molar-refractivity contribution in [2.45, 2.75) is 59.2 Å². The molecular formula is C17H26F3N. The highest BCUT2D eigenvalue weighted by molar-refractivity contribution is 5.26. The molecule has 0 aliphatic carbocycles. The zero-order valence-electron chi connectivity index (χ0n) is 13.3. The van der Waals surface area contributed by atoms with Crippen LogP contribution in [0.15, 0.2) is 24.3 Å². The van der Waals surface area contributed by atoms with E-state index in [1.807, 2.05) is 0 Å². The minimum absolute atomic E-state index is 0.106. The maximum Gasteiger partial charge on any atom is 0.416 e. The van der Waals surface area contributed by atoms with Gasteiger partial charge in [-0.2, -0.15) is 13.2 Å². The molecular weight excluding hydrogens is 275 g/mol. The van der Waals surface area contributed by atoms with Crippen molar-refractivity contribution in [3.63, 3.8) is 0 Å². The van der Waals surface area contributed by atoms with Crippen LogP contribution in [0.4, 0.5) is 13.2 Å². The Hall–Kier alpha value is -1.03. The number of rotatable bonds is 5. The summed E-state index contributed by atoms with van der Waals surface area (Å²) in [4.78, 5) is 0. The molecule has 1 nitrogen and oxygen atoms in total. The van der Waals surface area contributed by atoms with E-state index in [-0.39, 0.29) is 11.5 Å². The summed E-state index contributed by atoms with van der Waals surface area (Å²) >= 11 is 0. The predicted octanol–water partition coefficient (Wildman–Crippen LogP) is 5.04. The lowest BCUT2D eigenvalue weighted by Crippen LogP contribution is -2.27. The largest absolute Gasteiger partial charge is 0.416 e. The maximum atomic E-state index is 12.7. The quantitative estimate of drug-likeness (QED) is 0.810. The molecule has 4 heteroatoms. The molecule has 0 spiro atoms. The average Bonchev–Trinajstić information content (AvgIpc) is 2.24. The van der Waals surface area contributed by atoms with Crippen LogP contribution in [0.25, 0.3) is 0 Å². The maximum absolute atomic E-state index is 12.7. The van der Waals surface area contributed by atoms with Gasteiger partial charge in [0.25, 0.3) is 0 Å².